The van der Waals surface area contributed by atoms with E-state index in [9.17, 15) is 9.59 Å². The van der Waals surface area contributed by atoms with Gasteiger partial charge in [-0.05, 0) is 37.5 Å². The molecule has 1 heterocycles. The van der Waals surface area contributed by atoms with Crippen LogP contribution in [0, 0.1) is 20.8 Å². The Morgan fingerprint density at radius 3 is 2.45 bits per heavy atom. The topological polar surface area (TPSA) is 70.7 Å². The third-order valence-corrected chi connectivity index (χ3v) is 5.16. The Hall–Kier alpha value is -2.70. The largest absolute Gasteiger partial charge is 0.371 e. The number of ether oxygens (including phenoxy) is 1. The van der Waals surface area contributed by atoms with E-state index >= 15 is 0 Å². The van der Waals surface area contributed by atoms with Crippen LogP contribution in [0.25, 0.3) is 0 Å². The van der Waals surface area contributed by atoms with Crippen LogP contribution < -0.4 is 10.6 Å². The third-order valence-electron chi connectivity index (χ3n) is 5.16. The Bertz CT molecular complexity index is 844. The van der Waals surface area contributed by atoms with Gasteiger partial charge < -0.3 is 15.4 Å². The highest BCUT2D eigenvalue weighted by molar-refractivity contribution is 6.39. The highest BCUT2D eigenvalue weighted by atomic mass is 16.5. The SMILES string of the molecule is Cc1cc(C)c(NC(=O)C(=O)NCCN2CCO[C@H](c3ccccc3)C2)c(C)c1. The van der Waals surface area contributed by atoms with Gasteiger partial charge in [0.15, 0.2) is 0 Å². The Balaban J connectivity index is 1.46. The summed E-state index contributed by atoms with van der Waals surface area (Å²) in [6.07, 6.45) is 0.0384. The zero-order chi connectivity index (χ0) is 20.8. The van der Waals surface area contributed by atoms with E-state index < -0.39 is 11.8 Å². The number of rotatable bonds is 5. The van der Waals surface area contributed by atoms with E-state index in [2.05, 4.69) is 27.7 Å². The lowest BCUT2D eigenvalue weighted by Gasteiger charge is -2.33. The lowest BCUT2D eigenvalue weighted by molar-refractivity contribution is -0.136. The van der Waals surface area contributed by atoms with Crippen LogP contribution in [0.15, 0.2) is 42.5 Å². The van der Waals surface area contributed by atoms with Gasteiger partial charge in [-0.1, -0.05) is 48.0 Å². The molecule has 2 aromatic carbocycles. The van der Waals surface area contributed by atoms with Crippen molar-refractivity contribution in [1.29, 1.82) is 0 Å². The van der Waals surface area contributed by atoms with E-state index in [-0.39, 0.29) is 6.10 Å². The first-order valence-electron chi connectivity index (χ1n) is 10.00. The molecule has 1 fully saturated rings. The number of aryl methyl sites for hydroxylation is 3. The highest BCUT2D eigenvalue weighted by Gasteiger charge is 2.22. The fourth-order valence-electron chi connectivity index (χ4n) is 3.73. The number of nitrogens with one attached hydrogen (secondary N) is 2. The predicted octanol–water partition coefficient (Wildman–Crippen LogP) is 2.74. The van der Waals surface area contributed by atoms with Crippen LogP contribution in [-0.2, 0) is 14.3 Å². The molecule has 0 radical (unpaired) electrons. The Morgan fingerprint density at radius 1 is 1.07 bits per heavy atom. The zero-order valence-electron chi connectivity index (χ0n) is 17.3. The standard InChI is InChI=1S/C23H29N3O3/c1-16-13-17(2)21(18(3)14-16)25-23(28)22(27)24-9-10-26-11-12-29-20(15-26)19-7-5-4-6-8-19/h4-8,13-14,20H,9-12,15H2,1-3H3,(H,24,27)(H,25,28)/t20-/m0/s1. The van der Waals surface area contributed by atoms with Crippen molar-refractivity contribution in [2.45, 2.75) is 26.9 Å². The molecule has 1 aliphatic heterocycles. The quantitative estimate of drug-likeness (QED) is 0.764. The van der Waals surface area contributed by atoms with Crippen molar-refractivity contribution >= 4 is 17.5 Å². The summed E-state index contributed by atoms with van der Waals surface area (Å²) in [5, 5.41) is 5.46. The molecule has 2 N–H and O–H groups in total. The van der Waals surface area contributed by atoms with E-state index in [1.807, 2.05) is 51.1 Å². The van der Waals surface area contributed by atoms with Crippen molar-refractivity contribution in [3.8, 4) is 0 Å². The average Bonchev–Trinajstić information content (AvgIpc) is 2.71. The second kappa shape index (κ2) is 9.67. The number of morpholine rings is 1. The minimum absolute atomic E-state index is 0.0384. The van der Waals surface area contributed by atoms with Gasteiger partial charge in [0.05, 0.1) is 12.7 Å². The fraction of sp³-hybridized carbons (Fsp3) is 0.391. The van der Waals surface area contributed by atoms with Crippen molar-refractivity contribution < 1.29 is 14.3 Å². The first-order valence-corrected chi connectivity index (χ1v) is 10.00. The van der Waals surface area contributed by atoms with Gasteiger partial charge in [0, 0.05) is 31.9 Å². The summed E-state index contributed by atoms with van der Waals surface area (Å²) < 4.78 is 5.86. The Kier molecular flexibility index (Phi) is 7.01. The molecule has 6 nitrogen and oxygen atoms in total. The number of hydrogen-bond donors (Lipinski definition) is 2. The van der Waals surface area contributed by atoms with Gasteiger partial charge in [-0.2, -0.15) is 0 Å². The second-order valence-corrected chi connectivity index (χ2v) is 7.55. The number of anilines is 1. The van der Waals surface area contributed by atoms with Crippen molar-refractivity contribution in [3.63, 3.8) is 0 Å². The molecule has 0 saturated carbocycles. The van der Waals surface area contributed by atoms with Crippen LogP contribution in [0.4, 0.5) is 5.69 Å². The maximum Gasteiger partial charge on any atom is 0.313 e. The molecule has 0 bridgehead atoms. The van der Waals surface area contributed by atoms with Gasteiger partial charge in [-0.15, -0.1) is 0 Å². The molecular formula is C23H29N3O3. The Morgan fingerprint density at radius 2 is 1.76 bits per heavy atom. The molecule has 1 saturated heterocycles. The first kappa shape index (κ1) is 21.0. The van der Waals surface area contributed by atoms with Gasteiger partial charge in [0.25, 0.3) is 0 Å². The van der Waals surface area contributed by atoms with Crippen LogP contribution in [0.5, 0.6) is 0 Å². The molecule has 154 valence electrons. The summed E-state index contributed by atoms with van der Waals surface area (Å²) in [6.45, 7) is 9.19. The lowest BCUT2D eigenvalue weighted by Crippen LogP contribution is -2.44. The molecule has 0 aromatic heterocycles. The minimum Gasteiger partial charge on any atom is -0.371 e. The molecule has 2 aromatic rings. The highest BCUT2D eigenvalue weighted by Crippen LogP contribution is 2.22. The number of benzene rings is 2. The van der Waals surface area contributed by atoms with Gasteiger partial charge in [0.1, 0.15) is 0 Å². The number of hydrogen-bond acceptors (Lipinski definition) is 4. The molecule has 29 heavy (non-hydrogen) atoms. The minimum atomic E-state index is -0.635. The molecule has 6 heteroatoms. The van der Waals surface area contributed by atoms with Gasteiger partial charge in [-0.25, -0.2) is 0 Å². The number of amides is 2. The molecule has 1 atom stereocenters. The maximum atomic E-state index is 12.3. The summed E-state index contributed by atoms with van der Waals surface area (Å²) in [4.78, 5) is 26.7. The van der Waals surface area contributed by atoms with Crippen molar-refractivity contribution in [2.75, 3.05) is 38.1 Å². The van der Waals surface area contributed by atoms with E-state index in [1.165, 1.54) is 0 Å². The Labute approximate surface area is 172 Å². The van der Waals surface area contributed by atoms with E-state index in [0.717, 1.165) is 35.3 Å². The summed E-state index contributed by atoms with van der Waals surface area (Å²) >= 11 is 0. The lowest BCUT2D eigenvalue weighted by atomic mass is 10.1. The van der Waals surface area contributed by atoms with Crippen LogP contribution in [-0.4, -0.2) is 49.5 Å². The van der Waals surface area contributed by atoms with Crippen molar-refractivity contribution in [2.24, 2.45) is 0 Å². The molecule has 0 spiro atoms. The molecule has 2 amide bonds. The van der Waals surface area contributed by atoms with Crippen molar-refractivity contribution in [1.82, 2.24) is 10.2 Å². The average molecular weight is 396 g/mol. The molecule has 0 unspecified atom stereocenters. The maximum absolute atomic E-state index is 12.3. The summed E-state index contributed by atoms with van der Waals surface area (Å²) in [7, 11) is 0. The zero-order valence-corrected chi connectivity index (χ0v) is 17.3. The monoisotopic (exact) mass is 395 g/mol. The molecule has 3 rings (SSSR count). The van der Waals surface area contributed by atoms with Crippen LogP contribution in [0.3, 0.4) is 0 Å². The normalized spacial score (nSPS) is 17.0. The van der Waals surface area contributed by atoms with Gasteiger partial charge in [-0.3, -0.25) is 14.5 Å². The van der Waals surface area contributed by atoms with Crippen LogP contribution in [0.1, 0.15) is 28.4 Å². The summed E-state index contributed by atoms with van der Waals surface area (Å²) in [5.74, 6) is -1.25. The first-order chi connectivity index (χ1) is 13.9. The van der Waals surface area contributed by atoms with E-state index in [1.54, 1.807) is 0 Å². The van der Waals surface area contributed by atoms with E-state index in [0.29, 0.717) is 25.4 Å². The molecule has 1 aliphatic rings. The molecular weight excluding hydrogens is 366 g/mol. The van der Waals surface area contributed by atoms with Gasteiger partial charge >= 0.3 is 11.8 Å². The number of nitrogens with zero attached hydrogens (tertiary/aromatic N) is 1. The fourth-order valence-corrected chi connectivity index (χ4v) is 3.73. The van der Waals surface area contributed by atoms with Crippen LogP contribution in [0.2, 0.25) is 0 Å². The third kappa shape index (κ3) is 5.65. The number of carbonyl (C=O) groups excluding carboxylic acids is 2. The van der Waals surface area contributed by atoms with Crippen LogP contribution >= 0.6 is 0 Å². The predicted molar refractivity (Wildman–Crippen MR) is 114 cm³/mol. The summed E-state index contributed by atoms with van der Waals surface area (Å²) in [6, 6.07) is 14.1. The number of carbonyl (C=O) groups is 2. The molecule has 0 aliphatic carbocycles. The van der Waals surface area contributed by atoms with Crippen molar-refractivity contribution in [3.05, 3.63) is 64.7 Å². The summed E-state index contributed by atoms with van der Waals surface area (Å²) in [5.41, 5.74) is 4.88. The van der Waals surface area contributed by atoms with E-state index in [4.69, 9.17) is 4.74 Å². The second-order valence-electron chi connectivity index (χ2n) is 7.55. The van der Waals surface area contributed by atoms with Gasteiger partial charge in [0.2, 0.25) is 0 Å². The smallest absolute Gasteiger partial charge is 0.313 e.